The number of anilines is 1. The van der Waals surface area contributed by atoms with Crippen molar-refractivity contribution in [2.24, 2.45) is 17.3 Å². The van der Waals surface area contributed by atoms with Crippen LogP contribution in [0.3, 0.4) is 0 Å². The van der Waals surface area contributed by atoms with Crippen LogP contribution in [0, 0.1) is 31.1 Å². The first-order valence-corrected chi connectivity index (χ1v) is 12.1. The van der Waals surface area contributed by atoms with Crippen LogP contribution in [0.2, 0.25) is 0 Å². The van der Waals surface area contributed by atoms with Gasteiger partial charge in [-0.15, -0.1) is 0 Å². The molecule has 6 atom stereocenters. The molecule has 5 nitrogen and oxygen atoms in total. The van der Waals surface area contributed by atoms with E-state index in [1.165, 1.54) is 32.1 Å². The first kappa shape index (κ1) is 18.4. The Morgan fingerprint density at radius 3 is 2.77 bits per heavy atom. The van der Waals surface area contributed by atoms with Gasteiger partial charge >= 0.3 is 0 Å². The van der Waals surface area contributed by atoms with Gasteiger partial charge in [0.25, 0.3) is 0 Å². The van der Waals surface area contributed by atoms with Crippen LogP contribution < -0.4 is 15.0 Å². The molecule has 2 aliphatic heterocycles. The van der Waals surface area contributed by atoms with Gasteiger partial charge in [0.2, 0.25) is 5.95 Å². The summed E-state index contributed by atoms with van der Waals surface area (Å²) < 4.78 is 5.72. The van der Waals surface area contributed by atoms with Crippen LogP contribution in [-0.4, -0.2) is 42.3 Å². The Labute approximate surface area is 184 Å². The average molecular weight is 417 g/mol. The number of aryl methyl sites for hydroxylation is 2. The van der Waals surface area contributed by atoms with E-state index in [1.54, 1.807) is 11.1 Å². The van der Waals surface area contributed by atoms with Crippen LogP contribution >= 0.6 is 0 Å². The van der Waals surface area contributed by atoms with Crippen LogP contribution in [0.15, 0.2) is 24.3 Å². The van der Waals surface area contributed by atoms with E-state index in [4.69, 9.17) is 14.7 Å². The minimum atomic E-state index is 0.270. The predicted octanol–water partition coefficient (Wildman–Crippen LogP) is 3.56. The molecule has 1 N–H and O–H groups in total. The lowest BCUT2D eigenvalue weighted by molar-refractivity contribution is -0.0264. The molecule has 4 bridgehead atoms. The molecule has 162 valence electrons. The van der Waals surface area contributed by atoms with Gasteiger partial charge in [-0.2, -0.15) is 0 Å². The van der Waals surface area contributed by atoms with Gasteiger partial charge in [-0.1, -0.05) is 6.07 Å². The Morgan fingerprint density at radius 1 is 1.13 bits per heavy atom. The molecule has 2 aromatic rings. The summed E-state index contributed by atoms with van der Waals surface area (Å²) in [5.74, 6) is 3.41. The summed E-state index contributed by atoms with van der Waals surface area (Å²) >= 11 is 0. The van der Waals surface area contributed by atoms with E-state index in [9.17, 15) is 0 Å². The third-order valence-electron chi connectivity index (χ3n) is 9.75. The maximum absolute atomic E-state index is 5.72. The number of rotatable bonds is 2. The summed E-state index contributed by atoms with van der Waals surface area (Å²) in [6.07, 6.45) is 6.37. The van der Waals surface area contributed by atoms with Crippen molar-refractivity contribution in [2.45, 2.75) is 63.5 Å². The van der Waals surface area contributed by atoms with Crippen molar-refractivity contribution >= 4 is 5.95 Å². The zero-order chi connectivity index (χ0) is 21.0. The largest absolute Gasteiger partial charge is 0.497 e. The maximum Gasteiger partial charge on any atom is 0.226 e. The number of aromatic nitrogens is 2. The van der Waals surface area contributed by atoms with Crippen LogP contribution in [0.4, 0.5) is 5.95 Å². The van der Waals surface area contributed by atoms with E-state index in [2.05, 4.69) is 48.3 Å². The van der Waals surface area contributed by atoms with Gasteiger partial charge in [0.1, 0.15) is 5.75 Å². The number of nitrogens with zero attached hydrogens (tertiary/aromatic N) is 3. The van der Waals surface area contributed by atoms with Gasteiger partial charge in [0.05, 0.1) is 7.11 Å². The molecule has 7 rings (SSSR count). The lowest BCUT2D eigenvalue weighted by Crippen LogP contribution is -2.69. The average Bonchev–Trinajstić information content (AvgIpc) is 3.19. The Morgan fingerprint density at radius 2 is 1.97 bits per heavy atom. The molecule has 3 aliphatic carbocycles. The summed E-state index contributed by atoms with van der Waals surface area (Å²) in [6, 6.07) is 10.2. The second-order valence-corrected chi connectivity index (χ2v) is 10.8. The Balaban J connectivity index is 1.40. The topological polar surface area (TPSA) is 50.3 Å². The summed E-state index contributed by atoms with van der Waals surface area (Å²) in [6.45, 7) is 6.45. The number of nitrogens with one attached hydrogen (secondary N) is 1. The van der Waals surface area contributed by atoms with Crippen molar-refractivity contribution in [3.63, 3.8) is 0 Å². The smallest absolute Gasteiger partial charge is 0.226 e. The highest BCUT2D eigenvalue weighted by molar-refractivity contribution is 5.53. The highest BCUT2D eigenvalue weighted by Crippen LogP contribution is 2.74. The first-order valence-electron chi connectivity index (χ1n) is 12.1. The van der Waals surface area contributed by atoms with Gasteiger partial charge < -0.3 is 15.0 Å². The van der Waals surface area contributed by atoms with Crippen LogP contribution in [-0.2, 0) is 11.8 Å². The summed E-state index contributed by atoms with van der Waals surface area (Å²) in [5, 5.41) is 3.98. The Hall–Kier alpha value is -2.14. The van der Waals surface area contributed by atoms with E-state index < -0.39 is 0 Å². The number of benzene rings is 1. The van der Waals surface area contributed by atoms with Crippen molar-refractivity contribution in [1.29, 1.82) is 0 Å². The van der Waals surface area contributed by atoms with Gasteiger partial charge in [0.15, 0.2) is 0 Å². The highest BCUT2D eigenvalue weighted by Gasteiger charge is 2.75. The zero-order valence-electron chi connectivity index (χ0n) is 18.8. The summed E-state index contributed by atoms with van der Waals surface area (Å²) in [4.78, 5) is 12.4. The molecule has 4 fully saturated rings. The monoisotopic (exact) mass is 416 g/mol. The van der Waals surface area contributed by atoms with Crippen molar-refractivity contribution in [2.75, 3.05) is 25.1 Å². The minimum Gasteiger partial charge on any atom is -0.497 e. The molecular weight excluding hydrogens is 384 g/mol. The molecular formula is C26H32N4O. The third kappa shape index (κ3) is 2.11. The van der Waals surface area contributed by atoms with E-state index >= 15 is 0 Å². The molecule has 5 aliphatic rings. The first-order chi connectivity index (χ1) is 15.1. The number of hydrogen-bond acceptors (Lipinski definition) is 5. The second kappa shape index (κ2) is 6.00. The molecule has 1 aromatic carbocycles. The lowest BCUT2D eigenvalue weighted by atomic mass is 9.44. The fourth-order valence-corrected chi connectivity index (χ4v) is 9.07. The summed E-state index contributed by atoms with van der Waals surface area (Å²) in [5.41, 5.74) is 6.01. The Kier molecular flexibility index (Phi) is 3.57. The van der Waals surface area contributed by atoms with Gasteiger partial charge in [-0.25, -0.2) is 9.97 Å². The molecule has 31 heavy (non-hydrogen) atoms. The van der Waals surface area contributed by atoms with Crippen LogP contribution in [0.25, 0.3) is 0 Å². The Bertz CT molecular complexity index is 1060. The van der Waals surface area contributed by atoms with Crippen molar-refractivity contribution in [3.05, 3.63) is 46.8 Å². The summed E-state index contributed by atoms with van der Waals surface area (Å²) in [7, 11) is 1.81. The van der Waals surface area contributed by atoms with E-state index in [1.807, 2.05) is 7.11 Å². The third-order valence-corrected chi connectivity index (χ3v) is 9.75. The SMILES string of the molecule is COc1ccc2c(c1)C13CCNC(C2)C12CCC1C3[C@H](CN1c1nc(C)cc(C)n1)C2. The molecule has 2 saturated heterocycles. The van der Waals surface area contributed by atoms with E-state index in [-0.39, 0.29) is 5.41 Å². The molecule has 5 unspecified atom stereocenters. The molecule has 5 heteroatoms. The molecule has 0 spiro atoms. The number of fused-ring (bicyclic) bond motifs is 1. The fourth-order valence-electron chi connectivity index (χ4n) is 9.07. The predicted molar refractivity (Wildman–Crippen MR) is 121 cm³/mol. The molecule has 1 aromatic heterocycles. The number of piperidine rings is 1. The number of methoxy groups -OCH3 is 1. The van der Waals surface area contributed by atoms with Crippen molar-refractivity contribution in [1.82, 2.24) is 15.3 Å². The normalized spacial score (nSPS) is 39.3. The fraction of sp³-hybridized carbons (Fsp3) is 0.615. The van der Waals surface area contributed by atoms with Crippen LogP contribution in [0.1, 0.15) is 48.2 Å². The molecule has 0 radical (unpaired) electrons. The zero-order valence-corrected chi connectivity index (χ0v) is 18.8. The molecule has 2 saturated carbocycles. The quantitative estimate of drug-likeness (QED) is 0.811. The maximum atomic E-state index is 5.72. The van der Waals surface area contributed by atoms with E-state index in [0.29, 0.717) is 23.4 Å². The van der Waals surface area contributed by atoms with Crippen molar-refractivity contribution in [3.8, 4) is 5.75 Å². The molecule has 0 amide bonds. The van der Waals surface area contributed by atoms with Gasteiger partial charge in [-0.3, -0.25) is 0 Å². The van der Waals surface area contributed by atoms with Crippen LogP contribution in [0.5, 0.6) is 5.75 Å². The highest BCUT2D eigenvalue weighted by atomic mass is 16.5. The number of ether oxygens (including phenoxy) is 1. The standard InChI is InChI=1S/C26H32N4O/c1-15-10-16(2)29-24(28-15)30-14-18-13-25-7-6-21(30)23(18)26(25)8-9-27-22(25)11-17-4-5-19(31-3)12-20(17)26/h4-5,10,12,18,21-23,27H,6-9,11,13-14H2,1-3H3/t18-,21?,22?,23?,25?,26?/m0/s1. The molecule has 3 heterocycles. The van der Waals surface area contributed by atoms with E-state index in [0.717, 1.165) is 42.1 Å². The lowest BCUT2D eigenvalue weighted by Gasteiger charge is -2.64. The van der Waals surface area contributed by atoms with Gasteiger partial charge in [0, 0.05) is 35.4 Å². The van der Waals surface area contributed by atoms with Crippen molar-refractivity contribution < 1.29 is 4.74 Å². The number of hydrogen-bond donors (Lipinski definition) is 1. The second-order valence-electron chi connectivity index (χ2n) is 10.8. The van der Waals surface area contributed by atoms with Gasteiger partial charge in [-0.05, 0) is 99.1 Å². The minimum absolute atomic E-state index is 0.270.